The molecule has 0 saturated carbocycles. The lowest BCUT2D eigenvalue weighted by molar-refractivity contribution is -0.117. The van der Waals surface area contributed by atoms with Crippen molar-refractivity contribution < 1.29 is 19.1 Å². The number of thiophene rings is 1. The number of rotatable bonds is 5. The van der Waals surface area contributed by atoms with Gasteiger partial charge in [-0.1, -0.05) is 0 Å². The Labute approximate surface area is 122 Å². The minimum atomic E-state index is -0.425. The molecule has 1 aliphatic rings. The fraction of sp³-hybridized carbons (Fsp3) is 0.571. The van der Waals surface area contributed by atoms with Gasteiger partial charge in [0.2, 0.25) is 5.91 Å². The summed E-state index contributed by atoms with van der Waals surface area (Å²) in [5.41, 5.74) is 0.524. The van der Waals surface area contributed by atoms with Crippen LogP contribution in [0.5, 0.6) is 0 Å². The highest BCUT2D eigenvalue weighted by atomic mass is 32.1. The summed E-state index contributed by atoms with van der Waals surface area (Å²) in [5, 5.41) is 4.52. The number of carbonyl (C=O) groups is 2. The third-order valence-electron chi connectivity index (χ3n) is 3.28. The second kappa shape index (κ2) is 7.40. The molecule has 20 heavy (non-hydrogen) atoms. The van der Waals surface area contributed by atoms with Crippen molar-refractivity contribution in [3.8, 4) is 0 Å². The van der Waals surface area contributed by atoms with Gasteiger partial charge < -0.3 is 14.8 Å². The zero-order valence-electron chi connectivity index (χ0n) is 11.5. The summed E-state index contributed by atoms with van der Waals surface area (Å²) in [5.74, 6) is -0.520. The monoisotopic (exact) mass is 297 g/mol. The molecule has 2 rings (SSSR count). The standard InChI is InChI=1S/C14H19NO4S/c1-18-14(17)13-11(7-9-20-13)15-12(16)6-5-10-4-2-3-8-19-10/h7,9-10H,2-6,8H2,1H3,(H,15,16). The van der Waals surface area contributed by atoms with Crippen LogP contribution in [0.1, 0.15) is 41.8 Å². The Morgan fingerprint density at radius 2 is 2.35 bits per heavy atom. The van der Waals surface area contributed by atoms with E-state index >= 15 is 0 Å². The summed E-state index contributed by atoms with van der Waals surface area (Å²) in [6.45, 7) is 0.795. The van der Waals surface area contributed by atoms with Gasteiger partial charge in [0, 0.05) is 13.0 Å². The average molecular weight is 297 g/mol. The first-order valence-corrected chi connectivity index (χ1v) is 7.66. The summed E-state index contributed by atoms with van der Waals surface area (Å²) in [6.07, 6.45) is 4.63. The smallest absolute Gasteiger partial charge is 0.350 e. The highest BCUT2D eigenvalue weighted by molar-refractivity contribution is 7.12. The molecule has 1 fully saturated rings. The van der Waals surface area contributed by atoms with E-state index in [1.54, 1.807) is 11.4 Å². The third-order valence-corrected chi connectivity index (χ3v) is 4.17. The van der Waals surface area contributed by atoms with Crippen LogP contribution in [0.3, 0.4) is 0 Å². The zero-order valence-corrected chi connectivity index (χ0v) is 12.3. The first-order chi connectivity index (χ1) is 9.70. The van der Waals surface area contributed by atoms with Crippen molar-refractivity contribution in [1.82, 2.24) is 0 Å². The van der Waals surface area contributed by atoms with Crippen LogP contribution in [-0.4, -0.2) is 31.7 Å². The number of nitrogens with one attached hydrogen (secondary N) is 1. The molecule has 2 heterocycles. The first kappa shape index (κ1) is 15.0. The summed E-state index contributed by atoms with van der Waals surface area (Å²) in [4.78, 5) is 23.8. The number of carbonyl (C=O) groups excluding carboxylic acids is 2. The van der Waals surface area contributed by atoms with Crippen molar-refractivity contribution in [1.29, 1.82) is 0 Å². The van der Waals surface area contributed by atoms with Crippen LogP contribution in [0.25, 0.3) is 0 Å². The van der Waals surface area contributed by atoms with Crippen molar-refractivity contribution in [2.24, 2.45) is 0 Å². The maximum Gasteiger partial charge on any atom is 0.350 e. The Balaban J connectivity index is 1.82. The molecular formula is C14H19NO4S. The van der Waals surface area contributed by atoms with Crippen LogP contribution in [0.2, 0.25) is 0 Å². The predicted molar refractivity (Wildman–Crippen MR) is 77.1 cm³/mol. The third kappa shape index (κ3) is 4.05. The van der Waals surface area contributed by atoms with Crippen LogP contribution in [0.4, 0.5) is 5.69 Å². The van der Waals surface area contributed by atoms with Crippen LogP contribution < -0.4 is 5.32 Å². The van der Waals surface area contributed by atoms with E-state index in [-0.39, 0.29) is 12.0 Å². The fourth-order valence-corrected chi connectivity index (χ4v) is 2.96. The van der Waals surface area contributed by atoms with Gasteiger partial charge in [-0.15, -0.1) is 11.3 Å². The highest BCUT2D eigenvalue weighted by Gasteiger charge is 2.18. The number of hydrogen-bond donors (Lipinski definition) is 1. The predicted octanol–water partition coefficient (Wildman–Crippen LogP) is 2.82. The van der Waals surface area contributed by atoms with Gasteiger partial charge in [0.25, 0.3) is 0 Å². The molecule has 0 aliphatic carbocycles. The van der Waals surface area contributed by atoms with Gasteiger partial charge in [0.15, 0.2) is 0 Å². The van der Waals surface area contributed by atoms with Gasteiger partial charge in [-0.3, -0.25) is 4.79 Å². The number of hydrogen-bond acceptors (Lipinski definition) is 5. The molecule has 1 N–H and O–H groups in total. The van der Waals surface area contributed by atoms with Crippen molar-refractivity contribution in [3.63, 3.8) is 0 Å². The Bertz CT molecular complexity index is 465. The molecule has 110 valence electrons. The van der Waals surface area contributed by atoms with Gasteiger partial charge >= 0.3 is 5.97 Å². The van der Waals surface area contributed by atoms with E-state index in [1.807, 2.05) is 0 Å². The van der Waals surface area contributed by atoms with Crippen molar-refractivity contribution in [2.45, 2.75) is 38.2 Å². The van der Waals surface area contributed by atoms with E-state index in [0.29, 0.717) is 17.0 Å². The van der Waals surface area contributed by atoms with Crippen LogP contribution in [0.15, 0.2) is 11.4 Å². The minimum Gasteiger partial charge on any atom is -0.465 e. The van der Waals surface area contributed by atoms with Crippen LogP contribution >= 0.6 is 11.3 Å². The first-order valence-electron chi connectivity index (χ1n) is 6.78. The molecule has 1 aromatic rings. The van der Waals surface area contributed by atoms with Crippen molar-refractivity contribution in [2.75, 3.05) is 19.0 Å². The maximum atomic E-state index is 11.9. The molecular weight excluding hydrogens is 278 g/mol. The molecule has 0 bridgehead atoms. The summed E-state index contributed by atoms with van der Waals surface area (Å²) in [7, 11) is 1.33. The largest absolute Gasteiger partial charge is 0.465 e. The summed E-state index contributed by atoms with van der Waals surface area (Å²) < 4.78 is 10.3. The molecule has 1 aromatic heterocycles. The molecule has 1 amide bonds. The molecule has 1 unspecified atom stereocenters. The van der Waals surface area contributed by atoms with E-state index in [4.69, 9.17) is 4.74 Å². The number of methoxy groups -OCH3 is 1. The van der Waals surface area contributed by atoms with Crippen LogP contribution in [-0.2, 0) is 14.3 Å². The molecule has 5 nitrogen and oxygen atoms in total. The van der Waals surface area contributed by atoms with Crippen molar-refractivity contribution in [3.05, 3.63) is 16.3 Å². The average Bonchev–Trinajstić information content (AvgIpc) is 2.93. The van der Waals surface area contributed by atoms with E-state index in [2.05, 4.69) is 10.1 Å². The number of ether oxygens (including phenoxy) is 2. The van der Waals surface area contributed by atoms with E-state index in [0.717, 1.165) is 25.9 Å². The maximum absolute atomic E-state index is 11.9. The molecule has 1 atom stereocenters. The summed E-state index contributed by atoms with van der Waals surface area (Å²) in [6, 6.07) is 1.71. The second-order valence-corrected chi connectivity index (χ2v) is 5.65. The topological polar surface area (TPSA) is 64.6 Å². The lowest BCUT2D eigenvalue weighted by Gasteiger charge is -2.22. The fourth-order valence-electron chi connectivity index (χ4n) is 2.20. The van der Waals surface area contributed by atoms with Gasteiger partial charge in [-0.25, -0.2) is 4.79 Å². The van der Waals surface area contributed by atoms with Crippen molar-refractivity contribution >= 4 is 28.9 Å². The zero-order chi connectivity index (χ0) is 14.4. The molecule has 0 aromatic carbocycles. The number of anilines is 1. The van der Waals surface area contributed by atoms with E-state index in [1.165, 1.54) is 24.9 Å². The normalized spacial score (nSPS) is 18.6. The quantitative estimate of drug-likeness (QED) is 0.849. The van der Waals surface area contributed by atoms with Gasteiger partial charge in [0.05, 0.1) is 18.9 Å². The van der Waals surface area contributed by atoms with Crippen LogP contribution in [0, 0.1) is 0 Å². The molecule has 0 spiro atoms. The van der Waals surface area contributed by atoms with Gasteiger partial charge in [0.1, 0.15) is 4.88 Å². The highest BCUT2D eigenvalue weighted by Crippen LogP contribution is 2.24. The SMILES string of the molecule is COC(=O)c1sccc1NC(=O)CCC1CCCCO1. The number of amides is 1. The molecule has 6 heteroatoms. The lowest BCUT2D eigenvalue weighted by Crippen LogP contribution is -2.22. The number of esters is 1. The Kier molecular flexibility index (Phi) is 5.55. The van der Waals surface area contributed by atoms with E-state index < -0.39 is 5.97 Å². The van der Waals surface area contributed by atoms with Gasteiger partial charge in [-0.2, -0.15) is 0 Å². The second-order valence-electron chi connectivity index (χ2n) is 4.73. The summed E-state index contributed by atoms with van der Waals surface area (Å²) >= 11 is 1.26. The molecule has 1 aliphatic heterocycles. The van der Waals surface area contributed by atoms with Gasteiger partial charge in [-0.05, 0) is 37.1 Å². The molecule has 0 radical (unpaired) electrons. The Morgan fingerprint density at radius 3 is 3.05 bits per heavy atom. The minimum absolute atomic E-state index is 0.0947. The Morgan fingerprint density at radius 1 is 1.50 bits per heavy atom. The lowest BCUT2D eigenvalue weighted by atomic mass is 10.0. The molecule has 1 saturated heterocycles. The Hall–Kier alpha value is -1.40. The van der Waals surface area contributed by atoms with E-state index in [9.17, 15) is 9.59 Å².